The van der Waals surface area contributed by atoms with Crippen molar-refractivity contribution in [3.63, 3.8) is 0 Å². The number of benzene rings is 3. The second-order valence-corrected chi connectivity index (χ2v) is 12.5. The maximum Gasteiger partial charge on any atom is 0.341 e. The van der Waals surface area contributed by atoms with Crippen LogP contribution in [0.15, 0.2) is 99.2 Å². The first-order chi connectivity index (χ1) is 19.5. The van der Waals surface area contributed by atoms with Crippen molar-refractivity contribution in [3.8, 4) is 0 Å². The normalized spacial score (nSPS) is 11.8. The Morgan fingerprint density at radius 3 is 2.37 bits per heavy atom. The highest BCUT2D eigenvalue weighted by molar-refractivity contribution is 9.10. The second kappa shape index (κ2) is 15.1. The maximum atomic E-state index is 12.2. The highest BCUT2D eigenvalue weighted by Crippen LogP contribution is 2.22. The molecule has 0 radical (unpaired) electrons. The maximum absolute atomic E-state index is 12.2. The number of halogens is 1. The fraction of sp³-hybridized carbons (Fsp3) is 0.222. The van der Waals surface area contributed by atoms with Crippen molar-refractivity contribution in [2.45, 2.75) is 4.90 Å². The van der Waals surface area contributed by atoms with E-state index in [0.29, 0.717) is 23.3 Å². The van der Waals surface area contributed by atoms with Gasteiger partial charge in [-0.1, -0.05) is 30.3 Å². The van der Waals surface area contributed by atoms with Gasteiger partial charge in [0.05, 0.1) is 35.7 Å². The molecule has 0 aliphatic carbocycles. The SMILES string of the molecule is COCCN(C=C[n+]1coc2ccccc21)c1cccc(NS(=O)(=O)CCOC)c1.O=S(=O)([O-])c1ccccc1Br. The lowest BCUT2D eigenvalue weighted by Crippen LogP contribution is -2.27. The number of fused-ring (bicyclic) bond motifs is 1. The van der Waals surface area contributed by atoms with Crippen molar-refractivity contribution in [2.75, 3.05) is 49.4 Å². The number of methoxy groups -OCH3 is 2. The molecule has 0 fully saturated rings. The lowest BCUT2D eigenvalue weighted by Gasteiger charge is -2.20. The largest absolute Gasteiger partial charge is 0.744 e. The van der Waals surface area contributed by atoms with Gasteiger partial charge in [-0.05, 0) is 52.3 Å². The minimum absolute atomic E-state index is 0.106. The van der Waals surface area contributed by atoms with Gasteiger partial charge < -0.3 is 23.3 Å². The summed E-state index contributed by atoms with van der Waals surface area (Å²) in [5, 5.41) is 0. The van der Waals surface area contributed by atoms with E-state index in [1.54, 1.807) is 37.8 Å². The quantitative estimate of drug-likeness (QED) is 0.175. The molecule has 0 aliphatic heterocycles. The molecule has 11 nitrogen and oxygen atoms in total. The molecule has 4 rings (SSSR count). The van der Waals surface area contributed by atoms with Gasteiger partial charge in [-0.3, -0.25) is 4.72 Å². The van der Waals surface area contributed by atoms with E-state index in [4.69, 9.17) is 13.9 Å². The number of hydrogen-bond donors (Lipinski definition) is 1. The van der Waals surface area contributed by atoms with E-state index in [-0.39, 0.29) is 17.3 Å². The molecule has 0 saturated heterocycles. The summed E-state index contributed by atoms with van der Waals surface area (Å²) in [4.78, 5) is 1.76. The zero-order chi connectivity index (χ0) is 29.9. The third kappa shape index (κ3) is 9.95. The number of oxazole rings is 1. The summed E-state index contributed by atoms with van der Waals surface area (Å²) < 4.78 is 76.2. The van der Waals surface area contributed by atoms with Crippen LogP contribution >= 0.6 is 15.9 Å². The average Bonchev–Trinajstić information content (AvgIpc) is 3.35. The van der Waals surface area contributed by atoms with Gasteiger partial charge in [-0.25, -0.2) is 16.8 Å². The van der Waals surface area contributed by atoms with Crippen molar-refractivity contribution in [3.05, 3.63) is 89.9 Å². The van der Waals surface area contributed by atoms with Gasteiger partial charge in [-0.15, -0.1) is 4.57 Å². The van der Waals surface area contributed by atoms with E-state index in [1.165, 1.54) is 25.3 Å². The lowest BCUT2D eigenvalue weighted by molar-refractivity contribution is -0.545. The topological polar surface area (TPSA) is 142 Å². The van der Waals surface area contributed by atoms with Crippen LogP contribution in [0.3, 0.4) is 0 Å². The van der Waals surface area contributed by atoms with Crippen LogP contribution in [0.2, 0.25) is 0 Å². The third-order valence-corrected chi connectivity index (χ3v) is 8.59. The molecule has 41 heavy (non-hydrogen) atoms. The molecule has 0 spiro atoms. The zero-order valence-corrected chi connectivity index (χ0v) is 25.6. The molecule has 3 aromatic carbocycles. The standard InChI is InChI=1S/C21H26N3O5S.C6H5BrO3S/c1-27-13-12-23(10-11-24-17-29-21-9-4-3-8-20(21)24)19-7-5-6-18(16-19)22-30(25,26)15-14-28-2;7-5-3-1-2-4-6(5)11(8,9)10/h3-11,16-17,22H,12-15H2,1-2H3;1-4H,(H,8,9,10)/q+1;/p-1. The number of rotatable bonds is 12. The van der Waals surface area contributed by atoms with Crippen molar-refractivity contribution >= 4 is 64.7 Å². The van der Waals surface area contributed by atoms with E-state index in [2.05, 4.69) is 20.7 Å². The predicted molar refractivity (Wildman–Crippen MR) is 159 cm³/mol. The summed E-state index contributed by atoms with van der Waals surface area (Å²) in [6.07, 6.45) is 5.42. The first-order valence-corrected chi connectivity index (χ1v) is 16.0. The van der Waals surface area contributed by atoms with Gasteiger partial charge in [0, 0.05) is 37.0 Å². The Kier molecular flexibility index (Phi) is 11.9. The summed E-state index contributed by atoms with van der Waals surface area (Å²) in [5.74, 6) is -0.106. The second-order valence-electron chi connectivity index (χ2n) is 8.43. The number of nitrogens with one attached hydrogen (secondary N) is 1. The third-order valence-electron chi connectivity index (χ3n) is 5.49. The van der Waals surface area contributed by atoms with Crippen LogP contribution in [0.1, 0.15) is 0 Å². The molecule has 1 heterocycles. The number of ether oxygens (including phenoxy) is 2. The Bertz CT molecular complexity index is 1670. The van der Waals surface area contributed by atoms with E-state index in [9.17, 15) is 21.4 Å². The molecule has 0 bridgehead atoms. The summed E-state index contributed by atoms with van der Waals surface area (Å²) in [7, 11) is -4.70. The number of hydrogen-bond acceptors (Lipinski definition) is 9. The lowest BCUT2D eigenvalue weighted by atomic mass is 10.2. The number of nitrogens with zero attached hydrogens (tertiary/aromatic N) is 2. The van der Waals surface area contributed by atoms with Crippen LogP contribution < -0.4 is 14.2 Å². The highest BCUT2D eigenvalue weighted by atomic mass is 79.9. The minimum Gasteiger partial charge on any atom is -0.744 e. The molecular formula is C27H30BrN3O8S2. The summed E-state index contributed by atoms with van der Waals surface area (Å²) in [6, 6.07) is 20.8. The van der Waals surface area contributed by atoms with Gasteiger partial charge in [-0.2, -0.15) is 0 Å². The van der Waals surface area contributed by atoms with E-state index < -0.39 is 20.1 Å². The molecular weight excluding hydrogens is 638 g/mol. The van der Waals surface area contributed by atoms with Crippen molar-refractivity contribution in [1.29, 1.82) is 0 Å². The smallest absolute Gasteiger partial charge is 0.341 e. The molecule has 0 unspecified atom stereocenters. The Morgan fingerprint density at radius 2 is 1.68 bits per heavy atom. The molecule has 4 aromatic rings. The molecule has 1 aromatic heterocycles. The average molecular weight is 669 g/mol. The van der Waals surface area contributed by atoms with Crippen molar-refractivity contribution in [2.24, 2.45) is 0 Å². The first kappa shape index (κ1) is 32.2. The molecule has 1 N–H and O–H groups in total. The Labute approximate surface area is 247 Å². The number of aromatic nitrogens is 1. The monoisotopic (exact) mass is 667 g/mol. The van der Waals surface area contributed by atoms with Gasteiger partial charge >= 0.3 is 6.39 Å². The van der Waals surface area contributed by atoms with Crippen molar-refractivity contribution in [1.82, 2.24) is 0 Å². The zero-order valence-electron chi connectivity index (χ0n) is 22.3. The molecule has 0 aliphatic rings. The van der Waals surface area contributed by atoms with Gasteiger partial charge in [0.15, 0.2) is 6.20 Å². The molecule has 0 atom stereocenters. The van der Waals surface area contributed by atoms with Crippen LogP contribution in [0.4, 0.5) is 11.4 Å². The van der Waals surface area contributed by atoms with E-state index in [0.717, 1.165) is 16.8 Å². The fourth-order valence-electron chi connectivity index (χ4n) is 3.51. The molecule has 14 heteroatoms. The van der Waals surface area contributed by atoms with Crippen LogP contribution in [0.5, 0.6) is 0 Å². The molecule has 220 valence electrons. The molecule has 0 amide bonds. The first-order valence-electron chi connectivity index (χ1n) is 12.2. The fourth-order valence-corrected chi connectivity index (χ4v) is 5.91. The van der Waals surface area contributed by atoms with Crippen LogP contribution in [-0.2, 0) is 29.6 Å². The van der Waals surface area contributed by atoms with Crippen LogP contribution in [0, 0.1) is 0 Å². The summed E-state index contributed by atoms with van der Waals surface area (Å²) in [6.45, 7) is 1.22. The van der Waals surface area contributed by atoms with Gasteiger partial charge in [0.25, 0.3) is 5.52 Å². The number of para-hydroxylation sites is 2. The molecule has 0 saturated carbocycles. The Morgan fingerprint density at radius 1 is 0.976 bits per heavy atom. The van der Waals surface area contributed by atoms with Gasteiger partial charge in [0.1, 0.15) is 10.1 Å². The highest BCUT2D eigenvalue weighted by Gasteiger charge is 2.13. The van der Waals surface area contributed by atoms with Crippen molar-refractivity contribution < 1.29 is 39.8 Å². The number of anilines is 2. The van der Waals surface area contributed by atoms with E-state index >= 15 is 0 Å². The van der Waals surface area contributed by atoms with Crippen LogP contribution in [-0.4, -0.2) is 61.1 Å². The Hall–Kier alpha value is -3.27. The Balaban J connectivity index is 0.000000352. The van der Waals surface area contributed by atoms with Crippen LogP contribution in [0.25, 0.3) is 17.3 Å². The van der Waals surface area contributed by atoms with E-state index in [1.807, 2.05) is 52.2 Å². The minimum atomic E-state index is -4.33. The predicted octanol–water partition coefficient (Wildman–Crippen LogP) is 4.04. The summed E-state index contributed by atoms with van der Waals surface area (Å²) in [5.41, 5.74) is 3.04. The van der Waals surface area contributed by atoms with Gasteiger partial charge in [0.2, 0.25) is 15.6 Å². The summed E-state index contributed by atoms with van der Waals surface area (Å²) >= 11 is 2.95. The number of sulfonamides is 1.